The summed E-state index contributed by atoms with van der Waals surface area (Å²) in [5.41, 5.74) is 1.16. The highest BCUT2D eigenvalue weighted by Gasteiger charge is 2.24. The van der Waals surface area contributed by atoms with Gasteiger partial charge >= 0.3 is 0 Å². The highest BCUT2D eigenvalue weighted by molar-refractivity contribution is 7.12. The number of hydrogen-bond donors (Lipinski definition) is 0. The van der Waals surface area contributed by atoms with E-state index in [0.717, 1.165) is 0 Å². The lowest BCUT2D eigenvalue weighted by Gasteiger charge is -2.26. The van der Waals surface area contributed by atoms with Crippen LogP contribution in [0.5, 0.6) is 11.5 Å². The zero-order chi connectivity index (χ0) is 21.5. The van der Waals surface area contributed by atoms with Crippen molar-refractivity contribution in [1.82, 2.24) is 4.90 Å². The fourth-order valence-corrected chi connectivity index (χ4v) is 3.53. The van der Waals surface area contributed by atoms with Gasteiger partial charge < -0.3 is 14.4 Å². The van der Waals surface area contributed by atoms with Crippen molar-refractivity contribution in [3.63, 3.8) is 0 Å². The average Bonchev–Trinajstić information content (AvgIpc) is 3.33. The molecule has 7 heteroatoms. The maximum absolute atomic E-state index is 13.4. The van der Waals surface area contributed by atoms with Crippen molar-refractivity contribution in [3.05, 3.63) is 87.5 Å². The predicted molar refractivity (Wildman–Crippen MR) is 115 cm³/mol. The number of ketones is 1. The molecule has 1 aromatic carbocycles. The Morgan fingerprint density at radius 3 is 2.57 bits per heavy atom. The van der Waals surface area contributed by atoms with Crippen LogP contribution in [0.2, 0.25) is 0 Å². The minimum atomic E-state index is -0.240. The quantitative estimate of drug-likeness (QED) is 0.387. The Balaban J connectivity index is 2.21. The summed E-state index contributed by atoms with van der Waals surface area (Å²) in [4.78, 5) is 15.4. The number of hydrogen-bond acceptors (Lipinski definition) is 7. The molecule has 0 spiro atoms. The second-order valence-electron chi connectivity index (χ2n) is 6.00. The summed E-state index contributed by atoms with van der Waals surface area (Å²) < 4.78 is 10.7. The maximum Gasteiger partial charge on any atom is 0.219 e. The Morgan fingerprint density at radius 2 is 1.93 bits per heavy atom. The monoisotopic (exact) mass is 415 g/mol. The van der Waals surface area contributed by atoms with Crippen molar-refractivity contribution in [3.8, 4) is 23.6 Å². The third kappa shape index (κ3) is 4.17. The van der Waals surface area contributed by atoms with Gasteiger partial charge in [0.1, 0.15) is 23.6 Å². The number of methoxy groups -OCH3 is 2. The molecule has 1 aromatic heterocycles. The van der Waals surface area contributed by atoms with Crippen molar-refractivity contribution in [2.45, 2.75) is 0 Å². The van der Waals surface area contributed by atoms with E-state index in [1.165, 1.54) is 18.4 Å². The topological polar surface area (TPSA) is 86.4 Å². The molecule has 0 saturated carbocycles. The molecular weight excluding hydrogens is 398 g/mol. The van der Waals surface area contributed by atoms with E-state index >= 15 is 0 Å². The van der Waals surface area contributed by atoms with Gasteiger partial charge in [-0.15, -0.1) is 11.3 Å². The summed E-state index contributed by atoms with van der Waals surface area (Å²) in [6, 6.07) is 12.6. The van der Waals surface area contributed by atoms with Gasteiger partial charge in [-0.1, -0.05) is 12.1 Å². The number of ether oxygens (including phenoxy) is 2. The molecule has 1 aliphatic rings. The van der Waals surface area contributed by atoms with Crippen molar-refractivity contribution in [2.75, 3.05) is 14.2 Å². The van der Waals surface area contributed by atoms with Crippen LogP contribution < -0.4 is 9.47 Å². The molecule has 6 nitrogen and oxygen atoms in total. The first-order valence-electron chi connectivity index (χ1n) is 8.83. The molecule has 1 aliphatic heterocycles. The molecule has 0 amide bonds. The summed E-state index contributed by atoms with van der Waals surface area (Å²) in [6.45, 7) is 0. The molecular formula is C23H17N3O3S. The van der Waals surface area contributed by atoms with Crippen LogP contribution in [0.1, 0.15) is 15.2 Å². The van der Waals surface area contributed by atoms with Crippen LogP contribution >= 0.6 is 11.3 Å². The zero-order valence-corrected chi connectivity index (χ0v) is 17.1. The van der Waals surface area contributed by atoms with Crippen LogP contribution in [0, 0.1) is 22.7 Å². The number of Topliss-reactive ketones (excluding diaryl/α,β-unsaturated/α-hetero) is 1. The molecule has 0 atom stereocenters. The second-order valence-corrected chi connectivity index (χ2v) is 6.95. The third-order valence-corrected chi connectivity index (χ3v) is 5.18. The van der Waals surface area contributed by atoms with Gasteiger partial charge in [-0.25, -0.2) is 0 Å². The fraction of sp³-hybridized carbons (Fsp3) is 0.0870. The van der Waals surface area contributed by atoms with E-state index in [9.17, 15) is 15.3 Å². The van der Waals surface area contributed by atoms with Gasteiger partial charge in [-0.05, 0) is 41.8 Å². The molecule has 0 aliphatic carbocycles. The summed E-state index contributed by atoms with van der Waals surface area (Å²) in [5.74, 6) is 0.900. The highest BCUT2D eigenvalue weighted by Crippen LogP contribution is 2.31. The maximum atomic E-state index is 13.4. The molecule has 3 rings (SSSR count). The molecule has 0 N–H and O–H groups in total. The molecule has 0 bridgehead atoms. The number of nitrogens with zero attached hydrogens (tertiary/aromatic N) is 3. The Morgan fingerprint density at radius 1 is 1.13 bits per heavy atom. The van der Waals surface area contributed by atoms with Crippen LogP contribution in [0.15, 0.2) is 77.1 Å². The van der Waals surface area contributed by atoms with Crippen molar-refractivity contribution < 1.29 is 14.3 Å². The second kappa shape index (κ2) is 9.42. The van der Waals surface area contributed by atoms with Crippen LogP contribution in [0.4, 0.5) is 0 Å². The fourth-order valence-electron chi connectivity index (χ4n) is 2.86. The van der Waals surface area contributed by atoms with Crippen molar-refractivity contribution in [2.24, 2.45) is 0 Å². The third-order valence-electron chi connectivity index (χ3n) is 4.31. The average molecular weight is 415 g/mol. The standard InChI is InChI=1S/C23H17N3O3S/c1-28-18-9-8-16(21(13-18)29-2)12-20(23(27)22-7-5-11-30-22)26-10-4-3-6-19(26)17(14-24)15-25/h3-13H,1-2H3/b20-12-. The molecule has 2 heterocycles. The Kier molecular flexibility index (Phi) is 6.49. The molecule has 2 aromatic rings. The lowest BCUT2D eigenvalue weighted by Crippen LogP contribution is -2.23. The first kappa shape index (κ1) is 20.7. The Bertz CT molecular complexity index is 1140. The Hall–Kier alpha value is -4.07. The van der Waals surface area contributed by atoms with E-state index in [1.807, 2.05) is 17.5 Å². The van der Waals surface area contributed by atoms with Crippen LogP contribution in [-0.2, 0) is 0 Å². The molecule has 148 valence electrons. The minimum Gasteiger partial charge on any atom is -0.497 e. The van der Waals surface area contributed by atoms with E-state index in [-0.39, 0.29) is 17.1 Å². The first-order chi connectivity index (χ1) is 14.6. The number of rotatable bonds is 6. The van der Waals surface area contributed by atoms with E-state index in [0.29, 0.717) is 27.6 Å². The first-order valence-corrected chi connectivity index (χ1v) is 9.71. The number of nitriles is 2. The van der Waals surface area contributed by atoms with Gasteiger partial charge in [0.25, 0.3) is 0 Å². The SMILES string of the molecule is COc1ccc(/C=C(/C(=O)c2cccs2)N2C=CC=CC2=C(C#N)C#N)c(OC)c1. The van der Waals surface area contributed by atoms with Gasteiger partial charge in [-0.2, -0.15) is 10.5 Å². The number of carbonyl (C=O) groups excluding carboxylic acids is 1. The highest BCUT2D eigenvalue weighted by atomic mass is 32.1. The van der Waals surface area contributed by atoms with Crippen LogP contribution in [0.3, 0.4) is 0 Å². The Labute approximate surface area is 178 Å². The lowest BCUT2D eigenvalue weighted by molar-refractivity contribution is 0.101. The van der Waals surface area contributed by atoms with Crippen LogP contribution in [-0.4, -0.2) is 24.9 Å². The van der Waals surface area contributed by atoms with Crippen molar-refractivity contribution in [1.29, 1.82) is 10.5 Å². The van der Waals surface area contributed by atoms with Gasteiger partial charge in [0.05, 0.1) is 30.5 Å². The summed E-state index contributed by atoms with van der Waals surface area (Å²) in [7, 11) is 3.09. The lowest BCUT2D eigenvalue weighted by atomic mass is 10.1. The van der Waals surface area contributed by atoms with Gasteiger partial charge in [0.2, 0.25) is 5.78 Å². The van der Waals surface area contributed by atoms with Gasteiger partial charge in [-0.3, -0.25) is 4.79 Å². The minimum absolute atomic E-state index is 0.0952. The number of allylic oxidation sites excluding steroid dienone is 5. The number of thiophene rings is 1. The van der Waals surface area contributed by atoms with Gasteiger partial charge in [0, 0.05) is 17.8 Å². The largest absolute Gasteiger partial charge is 0.497 e. The normalized spacial score (nSPS) is 12.9. The number of benzene rings is 1. The molecule has 30 heavy (non-hydrogen) atoms. The van der Waals surface area contributed by atoms with Gasteiger partial charge in [0.15, 0.2) is 5.57 Å². The van der Waals surface area contributed by atoms with Crippen molar-refractivity contribution >= 4 is 23.2 Å². The summed E-state index contributed by atoms with van der Waals surface area (Å²) in [5, 5.41) is 20.6. The molecule has 0 radical (unpaired) electrons. The molecule has 0 saturated heterocycles. The molecule has 0 fully saturated rings. The summed E-state index contributed by atoms with van der Waals surface area (Å²) in [6.07, 6.45) is 8.40. The van der Waals surface area contributed by atoms with E-state index in [1.54, 1.807) is 72.8 Å². The smallest absolute Gasteiger partial charge is 0.219 e. The molecule has 0 unspecified atom stereocenters. The van der Waals surface area contributed by atoms with Crippen LogP contribution in [0.25, 0.3) is 6.08 Å². The predicted octanol–water partition coefficient (Wildman–Crippen LogP) is 4.68. The zero-order valence-electron chi connectivity index (χ0n) is 16.3. The van der Waals surface area contributed by atoms with E-state index < -0.39 is 0 Å². The van der Waals surface area contributed by atoms with E-state index in [2.05, 4.69) is 0 Å². The number of carbonyl (C=O) groups is 1. The summed E-state index contributed by atoms with van der Waals surface area (Å²) >= 11 is 1.31. The van der Waals surface area contributed by atoms with E-state index in [4.69, 9.17) is 9.47 Å².